The van der Waals surface area contributed by atoms with Crippen molar-refractivity contribution in [1.29, 1.82) is 0 Å². The van der Waals surface area contributed by atoms with Crippen LogP contribution in [0.15, 0.2) is 33.4 Å². The molecule has 1 aromatic rings. The Morgan fingerprint density at radius 3 is 2.23 bits per heavy atom. The number of amides is 1. The van der Waals surface area contributed by atoms with Gasteiger partial charge in [0.05, 0.1) is 32.8 Å². The molecule has 0 saturated carbocycles. The third-order valence-corrected chi connectivity index (χ3v) is 5.07. The molecular formula is C21H25NO7S. The number of aliphatic hydroxyl groups is 1. The van der Waals surface area contributed by atoms with Crippen LogP contribution in [0.5, 0.6) is 17.2 Å². The fourth-order valence-electron chi connectivity index (χ4n) is 2.71. The average molecular weight is 435 g/mol. The topological polar surface area (TPSA) is 104 Å². The Morgan fingerprint density at radius 1 is 1.10 bits per heavy atom. The lowest BCUT2D eigenvalue weighted by atomic mass is 10.1. The minimum atomic E-state index is -0.737. The second-order valence-corrected chi connectivity index (χ2v) is 7.10. The van der Waals surface area contributed by atoms with Gasteiger partial charge in [0.25, 0.3) is 0 Å². The lowest BCUT2D eigenvalue weighted by Gasteiger charge is -2.13. The Bertz CT molecular complexity index is 893. The molecule has 1 amide bonds. The maximum Gasteiger partial charge on any atom is 0.344 e. The highest BCUT2D eigenvalue weighted by molar-refractivity contribution is 8.18. The van der Waals surface area contributed by atoms with Gasteiger partial charge in [-0.15, -0.1) is 0 Å². The highest BCUT2D eigenvalue weighted by Crippen LogP contribution is 2.42. The molecule has 1 N–H and O–H groups in total. The van der Waals surface area contributed by atoms with E-state index in [1.165, 1.54) is 21.3 Å². The monoisotopic (exact) mass is 435 g/mol. The largest absolute Gasteiger partial charge is 0.506 e. The number of esters is 1. The van der Waals surface area contributed by atoms with E-state index >= 15 is 0 Å². The van der Waals surface area contributed by atoms with Crippen molar-refractivity contribution < 1.29 is 33.6 Å². The predicted octanol–water partition coefficient (Wildman–Crippen LogP) is 3.90. The molecule has 0 unspecified atom stereocenters. The molecule has 0 spiro atoms. The van der Waals surface area contributed by atoms with Gasteiger partial charge in [0.15, 0.2) is 11.5 Å². The van der Waals surface area contributed by atoms with Crippen molar-refractivity contribution in [2.24, 2.45) is 4.99 Å². The third kappa shape index (κ3) is 5.15. The number of carbonyl (C=O) groups is 2. The molecule has 1 aliphatic rings. The number of benzene rings is 1. The zero-order chi connectivity index (χ0) is 22.3. The molecule has 0 bridgehead atoms. The first-order valence-electron chi connectivity index (χ1n) is 9.32. The van der Waals surface area contributed by atoms with Crippen molar-refractivity contribution in [2.45, 2.75) is 26.7 Å². The van der Waals surface area contributed by atoms with Crippen molar-refractivity contribution in [1.82, 2.24) is 0 Å². The quantitative estimate of drug-likeness (QED) is 0.613. The Kier molecular flexibility index (Phi) is 8.35. The van der Waals surface area contributed by atoms with E-state index in [0.29, 0.717) is 34.1 Å². The van der Waals surface area contributed by atoms with Crippen LogP contribution in [-0.2, 0) is 14.3 Å². The number of aliphatic hydroxyl groups excluding tert-OH is 1. The summed E-state index contributed by atoms with van der Waals surface area (Å²) >= 11 is 1.02. The first kappa shape index (κ1) is 23.3. The normalized spacial score (nSPS) is 16.2. The van der Waals surface area contributed by atoms with Gasteiger partial charge < -0.3 is 24.1 Å². The number of methoxy groups -OCH3 is 3. The van der Waals surface area contributed by atoms with Crippen molar-refractivity contribution in [3.63, 3.8) is 0 Å². The van der Waals surface area contributed by atoms with Gasteiger partial charge in [-0.1, -0.05) is 18.7 Å². The van der Waals surface area contributed by atoms with Crippen LogP contribution in [0.2, 0.25) is 0 Å². The highest BCUT2D eigenvalue weighted by Gasteiger charge is 2.33. The van der Waals surface area contributed by atoms with Gasteiger partial charge in [-0.2, -0.15) is 0 Å². The van der Waals surface area contributed by atoms with E-state index in [9.17, 15) is 14.7 Å². The van der Waals surface area contributed by atoms with Crippen LogP contribution in [0.25, 0.3) is 6.08 Å². The molecule has 0 fully saturated rings. The van der Waals surface area contributed by atoms with Crippen LogP contribution in [0.1, 0.15) is 32.3 Å². The van der Waals surface area contributed by atoms with E-state index in [2.05, 4.69) is 4.99 Å². The second-order valence-electron chi connectivity index (χ2n) is 6.07. The third-order valence-electron chi connectivity index (χ3n) is 4.05. The summed E-state index contributed by atoms with van der Waals surface area (Å²) in [4.78, 5) is 28.7. The number of aliphatic imine (C=N–C) groups is 1. The molecule has 0 saturated heterocycles. The summed E-state index contributed by atoms with van der Waals surface area (Å²) in [6.07, 6.45) is 2.50. The molecule has 9 heteroatoms. The molecule has 162 valence electrons. The van der Waals surface area contributed by atoms with Crippen LogP contribution in [-0.4, -0.2) is 50.0 Å². The lowest BCUT2D eigenvalue weighted by molar-refractivity contribution is -0.138. The highest BCUT2D eigenvalue weighted by atomic mass is 32.2. The summed E-state index contributed by atoms with van der Waals surface area (Å²) in [7, 11) is 4.50. The number of hydrogen-bond acceptors (Lipinski definition) is 8. The van der Waals surface area contributed by atoms with Crippen LogP contribution >= 0.6 is 11.8 Å². The second kappa shape index (κ2) is 10.7. The van der Waals surface area contributed by atoms with Crippen molar-refractivity contribution >= 4 is 34.8 Å². The number of hydrogen-bond donors (Lipinski definition) is 1. The number of ether oxygens (including phenoxy) is 4. The van der Waals surface area contributed by atoms with Gasteiger partial charge in [-0.3, -0.25) is 4.79 Å². The lowest BCUT2D eigenvalue weighted by Crippen LogP contribution is -2.14. The van der Waals surface area contributed by atoms with Crippen molar-refractivity contribution in [3.8, 4) is 17.2 Å². The van der Waals surface area contributed by atoms with E-state index < -0.39 is 5.97 Å². The zero-order valence-electron chi connectivity index (χ0n) is 17.6. The number of thioether (sulfide) groups is 1. The van der Waals surface area contributed by atoms with Crippen molar-refractivity contribution in [2.75, 3.05) is 27.9 Å². The van der Waals surface area contributed by atoms with Gasteiger partial charge >= 0.3 is 5.97 Å². The van der Waals surface area contributed by atoms with Gasteiger partial charge in [-0.25, -0.2) is 9.79 Å². The Balaban J connectivity index is 2.55. The smallest absolute Gasteiger partial charge is 0.344 e. The standard InChI is InChI=1S/C21H25NO7S/c1-6-8-16(23)22-20-17(21(25)29-7-2)18(24)15(30-20)11-12-9-13(26-3)19(28-5)14(10-12)27-4/h9-11,24H,6-8H2,1-5H3/b15-11-,22-20?. The number of nitrogens with zero attached hydrogens (tertiary/aromatic N) is 1. The summed E-state index contributed by atoms with van der Waals surface area (Å²) in [6.45, 7) is 3.64. The Labute approximate surface area is 179 Å². The summed E-state index contributed by atoms with van der Waals surface area (Å²) in [6, 6.07) is 3.40. The SMILES string of the molecule is CCCC(=O)N=C1S/C(=C\c2cc(OC)c(OC)c(OC)c2)C(O)=C1C(=O)OCC. The van der Waals surface area contributed by atoms with Crippen molar-refractivity contribution in [3.05, 3.63) is 33.9 Å². The van der Waals surface area contributed by atoms with Crippen LogP contribution in [0.3, 0.4) is 0 Å². The summed E-state index contributed by atoms with van der Waals surface area (Å²) < 4.78 is 21.0. The van der Waals surface area contributed by atoms with E-state index in [0.717, 1.165) is 11.8 Å². The molecule has 30 heavy (non-hydrogen) atoms. The minimum Gasteiger partial charge on any atom is -0.506 e. The Hall–Kier alpha value is -2.94. The summed E-state index contributed by atoms with van der Waals surface area (Å²) in [5.41, 5.74) is 0.507. The fourth-order valence-corrected chi connectivity index (χ4v) is 3.74. The molecule has 0 atom stereocenters. The molecule has 2 rings (SSSR count). The summed E-state index contributed by atoms with van der Waals surface area (Å²) in [5.74, 6) is -0.0982. The van der Waals surface area contributed by atoms with Gasteiger partial charge in [0, 0.05) is 6.42 Å². The average Bonchev–Trinajstić information content (AvgIpc) is 3.02. The van der Waals surface area contributed by atoms with E-state index in [1.807, 2.05) is 6.92 Å². The van der Waals surface area contributed by atoms with E-state index in [-0.39, 0.29) is 35.3 Å². The van der Waals surface area contributed by atoms with Gasteiger partial charge in [0.1, 0.15) is 16.4 Å². The fraction of sp³-hybridized carbons (Fsp3) is 0.381. The van der Waals surface area contributed by atoms with Gasteiger partial charge in [-0.05, 0) is 37.1 Å². The molecule has 1 heterocycles. The number of rotatable bonds is 8. The van der Waals surface area contributed by atoms with Crippen LogP contribution in [0, 0.1) is 0 Å². The Morgan fingerprint density at radius 2 is 1.73 bits per heavy atom. The van der Waals surface area contributed by atoms with Crippen LogP contribution in [0.4, 0.5) is 0 Å². The molecule has 0 aromatic heterocycles. The minimum absolute atomic E-state index is 0.114. The molecule has 0 radical (unpaired) electrons. The molecule has 8 nitrogen and oxygen atoms in total. The first-order chi connectivity index (χ1) is 14.4. The maximum atomic E-state index is 12.4. The number of carbonyl (C=O) groups excluding carboxylic acids is 2. The first-order valence-corrected chi connectivity index (χ1v) is 10.1. The van der Waals surface area contributed by atoms with Gasteiger partial charge in [0.2, 0.25) is 11.7 Å². The molecule has 1 aliphatic heterocycles. The molecule has 1 aromatic carbocycles. The molecular weight excluding hydrogens is 410 g/mol. The van der Waals surface area contributed by atoms with E-state index in [1.54, 1.807) is 25.1 Å². The molecule has 0 aliphatic carbocycles. The summed E-state index contributed by atoms with van der Waals surface area (Å²) in [5, 5.41) is 10.8. The maximum absolute atomic E-state index is 12.4. The van der Waals surface area contributed by atoms with E-state index in [4.69, 9.17) is 18.9 Å². The predicted molar refractivity (Wildman–Crippen MR) is 115 cm³/mol. The zero-order valence-corrected chi connectivity index (χ0v) is 18.4. The van der Waals surface area contributed by atoms with Crippen LogP contribution < -0.4 is 14.2 Å².